The molecule has 0 heterocycles. The Balaban J connectivity index is 1.87. The van der Waals surface area contributed by atoms with E-state index in [0.29, 0.717) is 13.0 Å². The summed E-state index contributed by atoms with van der Waals surface area (Å²) in [6.45, 7) is 0.580. The van der Waals surface area contributed by atoms with Gasteiger partial charge >= 0.3 is 181 Å². The minimum atomic E-state index is -3.00. The minimum absolute atomic E-state index is 0.580. The molecule has 0 saturated carbocycles. The second-order valence-corrected chi connectivity index (χ2v) is 16.0. The zero-order chi connectivity index (χ0) is 20.0. The average molecular weight is 463 g/mol. The summed E-state index contributed by atoms with van der Waals surface area (Å²) in [7, 11) is 0. The van der Waals surface area contributed by atoms with Crippen molar-refractivity contribution in [3.63, 3.8) is 0 Å². The molecule has 0 aliphatic carbocycles. The number of hydrogen-bond donors (Lipinski definition) is 0. The normalized spacial score (nSPS) is 12.8. The van der Waals surface area contributed by atoms with Crippen LogP contribution in [0.25, 0.3) is 0 Å². The van der Waals surface area contributed by atoms with E-state index in [9.17, 15) is 0 Å². The van der Waals surface area contributed by atoms with Crippen molar-refractivity contribution in [1.82, 2.24) is 0 Å². The summed E-state index contributed by atoms with van der Waals surface area (Å²) < 4.78 is 6.46. The summed E-state index contributed by atoms with van der Waals surface area (Å²) in [4.78, 5) is 0. The van der Waals surface area contributed by atoms with Gasteiger partial charge in [0.2, 0.25) is 0 Å². The molecule has 0 amide bonds. The molecule has 1 nitrogen and oxygen atoms in total. The van der Waals surface area contributed by atoms with Gasteiger partial charge in [-0.3, -0.25) is 0 Å². The number of hydrogen-bond acceptors (Lipinski definition) is 1. The third-order valence-electron chi connectivity index (χ3n) is 5.33. The van der Waals surface area contributed by atoms with Crippen LogP contribution in [0, 0.1) is 0 Å². The summed E-state index contributed by atoms with van der Waals surface area (Å²) in [5.41, 5.74) is 1.18. The van der Waals surface area contributed by atoms with Crippen molar-refractivity contribution in [2.24, 2.45) is 0 Å². The fraction of sp³-hybridized carbons (Fsp3) is 0.0769. The molecule has 0 saturated heterocycles. The van der Waals surface area contributed by atoms with Crippen LogP contribution in [-0.2, 0) is 11.3 Å². The van der Waals surface area contributed by atoms with Crippen molar-refractivity contribution in [3.8, 4) is 0 Å². The Morgan fingerprint density at radius 2 is 0.862 bits per heavy atom. The third-order valence-corrected chi connectivity index (χ3v) is 14.4. The molecular formula is C26H24BrOP. The molecule has 3 heteroatoms. The zero-order valence-corrected chi connectivity index (χ0v) is 18.7. The first-order valence-corrected chi connectivity index (χ1v) is 14.2. The molecule has 0 fully saturated rings. The molecule has 0 aliphatic rings. The number of halogens is 1. The summed E-state index contributed by atoms with van der Waals surface area (Å²) in [5.74, 6) is 0. The summed E-state index contributed by atoms with van der Waals surface area (Å²) in [5, 5.41) is 0.802. The molecular weight excluding hydrogens is 439 g/mol. The van der Waals surface area contributed by atoms with Crippen molar-refractivity contribution in [1.29, 1.82) is 0 Å². The maximum atomic E-state index is 6.46. The molecule has 4 rings (SSSR count). The summed E-state index contributed by atoms with van der Waals surface area (Å²) >= 11 is 4.40. The van der Waals surface area contributed by atoms with Gasteiger partial charge in [-0.15, -0.1) is 0 Å². The number of ether oxygens (including phenoxy) is 1. The van der Waals surface area contributed by atoms with E-state index in [2.05, 4.69) is 131 Å². The van der Waals surface area contributed by atoms with E-state index < -0.39 is 5.31 Å². The predicted octanol–water partition coefficient (Wildman–Crippen LogP) is 6.00. The van der Waals surface area contributed by atoms with Crippen LogP contribution < -0.4 is 15.9 Å². The van der Waals surface area contributed by atoms with Gasteiger partial charge in [-0.25, -0.2) is 0 Å². The standard InChI is InChI=1S/C26H24BrOP/c27-29(24-15-7-2-8-16-24,25-17-9-3-10-18-25,26-19-11-4-12-20-26)22-28-21-23-13-5-1-6-14-23/h1-20H,21-22H2. The SMILES string of the molecule is BrP(COCc1ccccc1)(c1ccccc1)(c1ccccc1)c1ccccc1. The average Bonchev–Trinajstić information content (AvgIpc) is 2.81. The Bertz CT molecular complexity index is 938. The van der Waals surface area contributed by atoms with E-state index in [0.717, 1.165) is 0 Å². The Kier molecular flexibility index (Phi) is 5.96. The zero-order valence-electron chi connectivity index (χ0n) is 16.2. The molecule has 0 bridgehead atoms. The van der Waals surface area contributed by atoms with Gasteiger partial charge < -0.3 is 0 Å². The van der Waals surface area contributed by atoms with Gasteiger partial charge in [0.15, 0.2) is 0 Å². The Morgan fingerprint density at radius 3 is 1.24 bits per heavy atom. The van der Waals surface area contributed by atoms with E-state index >= 15 is 0 Å². The van der Waals surface area contributed by atoms with E-state index in [4.69, 9.17) is 4.74 Å². The molecule has 4 aromatic rings. The maximum absolute atomic E-state index is 6.46. The second-order valence-electron chi connectivity index (χ2n) is 7.15. The van der Waals surface area contributed by atoms with Gasteiger partial charge in [-0.05, 0) is 0 Å². The first kappa shape index (κ1) is 20.0. The van der Waals surface area contributed by atoms with Crippen LogP contribution in [0.2, 0.25) is 0 Å². The van der Waals surface area contributed by atoms with Crippen LogP contribution in [0.4, 0.5) is 0 Å². The fourth-order valence-electron chi connectivity index (χ4n) is 3.80. The molecule has 0 aromatic heterocycles. The monoisotopic (exact) mass is 462 g/mol. The molecule has 0 N–H and O–H groups in total. The Labute approximate surface area is 181 Å². The quantitative estimate of drug-likeness (QED) is 0.306. The Hall–Kier alpha value is -2.25. The van der Waals surface area contributed by atoms with Crippen LogP contribution in [0.15, 0.2) is 121 Å². The van der Waals surface area contributed by atoms with Crippen LogP contribution in [0.3, 0.4) is 0 Å². The van der Waals surface area contributed by atoms with Gasteiger partial charge in [0.1, 0.15) is 0 Å². The molecule has 4 aromatic carbocycles. The van der Waals surface area contributed by atoms with Gasteiger partial charge in [0, 0.05) is 0 Å². The van der Waals surface area contributed by atoms with Crippen molar-refractivity contribution in [3.05, 3.63) is 127 Å². The van der Waals surface area contributed by atoms with Crippen molar-refractivity contribution >= 4 is 36.7 Å². The van der Waals surface area contributed by atoms with Crippen molar-refractivity contribution in [2.75, 3.05) is 6.35 Å². The molecule has 0 atom stereocenters. The molecule has 146 valence electrons. The van der Waals surface area contributed by atoms with Gasteiger partial charge in [-0.2, -0.15) is 0 Å². The van der Waals surface area contributed by atoms with Crippen LogP contribution in [0.5, 0.6) is 0 Å². The topological polar surface area (TPSA) is 9.23 Å². The molecule has 0 unspecified atom stereocenters. The summed E-state index contributed by atoms with van der Waals surface area (Å²) in [6.07, 6.45) is 0.582. The summed E-state index contributed by atoms with van der Waals surface area (Å²) in [6, 6.07) is 42.6. The van der Waals surface area contributed by atoms with Crippen molar-refractivity contribution < 1.29 is 4.74 Å². The van der Waals surface area contributed by atoms with Crippen LogP contribution >= 0.6 is 20.8 Å². The van der Waals surface area contributed by atoms with Crippen LogP contribution in [0.1, 0.15) is 5.56 Å². The van der Waals surface area contributed by atoms with Crippen LogP contribution in [-0.4, -0.2) is 6.35 Å². The molecule has 0 aliphatic heterocycles. The Morgan fingerprint density at radius 1 is 0.517 bits per heavy atom. The number of benzene rings is 4. The van der Waals surface area contributed by atoms with E-state index in [1.165, 1.54) is 21.5 Å². The van der Waals surface area contributed by atoms with E-state index in [1.807, 2.05) is 6.07 Å². The molecule has 0 radical (unpaired) electrons. The first-order valence-electron chi connectivity index (χ1n) is 9.73. The fourth-order valence-corrected chi connectivity index (χ4v) is 10.5. The molecule has 0 spiro atoms. The second kappa shape index (κ2) is 8.63. The first-order chi connectivity index (χ1) is 14.2. The number of rotatable bonds is 7. The van der Waals surface area contributed by atoms with Gasteiger partial charge in [0.05, 0.1) is 0 Å². The van der Waals surface area contributed by atoms with E-state index in [-0.39, 0.29) is 0 Å². The predicted molar refractivity (Wildman–Crippen MR) is 130 cm³/mol. The van der Waals surface area contributed by atoms with Crippen molar-refractivity contribution in [2.45, 2.75) is 6.61 Å². The third kappa shape index (κ3) is 3.81. The van der Waals surface area contributed by atoms with Gasteiger partial charge in [0.25, 0.3) is 0 Å². The van der Waals surface area contributed by atoms with E-state index in [1.54, 1.807) is 0 Å². The molecule has 29 heavy (non-hydrogen) atoms. The van der Waals surface area contributed by atoms with Gasteiger partial charge in [-0.1, -0.05) is 0 Å².